The van der Waals surface area contributed by atoms with Gasteiger partial charge in [0.2, 0.25) is 0 Å². The normalized spacial score (nSPS) is 10.3. The molecule has 0 unspecified atom stereocenters. The van der Waals surface area contributed by atoms with Crippen LogP contribution >= 0.6 is 35.4 Å². The van der Waals surface area contributed by atoms with E-state index in [-0.39, 0.29) is 0 Å². The standard InChI is InChI=1S/C15H14Cl2N2S/c16-12-4-1-10(14(17)9-12)7-8-19-13-5-2-11(3-6-13)15(18)20/h1-6,9,19H,7-8H2,(H2,18,20). The molecule has 0 radical (unpaired) electrons. The first kappa shape index (κ1) is 15.1. The van der Waals surface area contributed by atoms with Crippen LogP contribution in [-0.2, 0) is 6.42 Å². The van der Waals surface area contributed by atoms with Gasteiger partial charge in [0.05, 0.1) is 0 Å². The zero-order valence-corrected chi connectivity index (χ0v) is 13.0. The van der Waals surface area contributed by atoms with Crippen molar-refractivity contribution in [1.82, 2.24) is 0 Å². The summed E-state index contributed by atoms with van der Waals surface area (Å²) >= 11 is 16.9. The van der Waals surface area contributed by atoms with Gasteiger partial charge >= 0.3 is 0 Å². The number of halogens is 2. The Hall–Kier alpha value is -1.29. The van der Waals surface area contributed by atoms with Crippen molar-refractivity contribution in [2.45, 2.75) is 6.42 Å². The minimum atomic E-state index is 0.407. The molecule has 0 heterocycles. The van der Waals surface area contributed by atoms with Gasteiger partial charge in [-0.25, -0.2) is 0 Å². The van der Waals surface area contributed by atoms with Gasteiger partial charge in [0, 0.05) is 27.8 Å². The lowest BCUT2D eigenvalue weighted by Gasteiger charge is -2.08. The highest BCUT2D eigenvalue weighted by Crippen LogP contribution is 2.21. The Morgan fingerprint density at radius 1 is 1.10 bits per heavy atom. The van der Waals surface area contributed by atoms with E-state index in [9.17, 15) is 0 Å². The van der Waals surface area contributed by atoms with Crippen LogP contribution in [0.25, 0.3) is 0 Å². The molecule has 0 spiro atoms. The molecule has 104 valence electrons. The number of hydrogen-bond acceptors (Lipinski definition) is 2. The zero-order valence-electron chi connectivity index (χ0n) is 10.7. The molecule has 2 aromatic rings. The Morgan fingerprint density at radius 2 is 1.80 bits per heavy atom. The quantitative estimate of drug-likeness (QED) is 0.806. The third-order valence-electron chi connectivity index (χ3n) is 2.91. The van der Waals surface area contributed by atoms with Crippen LogP contribution in [0.15, 0.2) is 42.5 Å². The van der Waals surface area contributed by atoms with Crippen molar-refractivity contribution in [3.63, 3.8) is 0 Å². The number of anilines is 1. The number of nitrogens with two attached hydrogens (primary N) is 1. The fraction of sp³-hybridized carbons (Fsp3) is 0.133. The first-order valence-corrected chi connectivity index (χ1v) is 7.30. The maximum absolute atomic E-state index is 6.13. The Labute approximate surface area is 133 Å². The van der Waals surface area contributed by atoms with Crippen molar-refractivity contribution in [2.75, 3.05) is 11.9 Å². The van der Waals surface area contributed by atoms with Crippen molar-refractivity contribution in [3.8, 4) is 0 Å². The summed E-state index contributed by atoms with van der Waals surface area (Å²) in [6.45, 7) is 0.785. The average molecular weight is 325 g/mol. The fourth-order valence-electron chi connectivity index (χ4n) is 1.82. The molecule has 0 atom stereocenters. The molecular weight excluding hydrogens is 311 g/mol. The molecule has 0 bridgehead atoms. The predicted octanol–water partition coefficient (Wildman–Crippen LogP) is 4.28. The van der Waals surface area contributed by atoms with Gasteiger partial charge in [0.25, 0.3) is 0 Å². The van der Waals surface area contributed by atoms with E-state index in [2.05, 4.69) is 5.32 Å². The lowest BCUT2D eigenvalue weighted by Crippen LogP contribution is -2.09. The van der Waals surface area contributed by atoms with Crippen LogP contribution in [0.3, 0.4) is 0 Å². The van der Waals surface area contributed by atoms with E-state index in [1.165, 1.54) is 0 Å². The van der Waals surface area contributed by atoms with Gasteiger partial charge < -0.3 is 11.1 Å². The van der Waals surface area contributed by atoms with E-state index in [0.29, 0.717) is 15.0 Å². The molecule has 0 aliphatic heterocycles. The van der Waals surface area contributed by atoms with E-state index in [4.69, 9.17) is 41.2 Å². The average Bonchev–Trinajstić information content (AvgIpc) is 2.42. The first-order chi connectivity index (χ1) is 9.56. The monoisotopic (exact) mass is 324 g/mol. The van der Waals surface area contributed by atoms with Crippen LogP contribution in [-0.4, -0.2) is 11.5 Å². The van der Waals surface area contributed by atoms with Crippen molar-refractivity contribution in [1.29, 1.82) is 0 Å². The lowest BCUT2D eigenvalue weighted by molar-refractivity contribution is 1.02. The number of nitrogens with one attached hydrogen (secondary N) is 1. The van der Waals surface area contributed by atoms with Crippen LogP contribution in [0.5, 0.6) is 0 Å². The first-order valence-electron chi connectivity index (χ1n) is 6.14. The summed E-state index contributed by atoms with van der Waals surface area (Å²) in [5.41, 5.74) is 8.52. The number of hydrogen-bond donors (Lipinski definition) is 2. The molecule has 0 saturated carbocycles. The van der Waals surface area contributed by atoms with E-state index in [1.807, 2.05) is 36.4 Å². The Kier molecular flexibility index (Phi) is 5.24. The van der Waals surface area contributed by atoms with Crippen LogP contribution in [0.2, 0.25) is 10.0 Å². The molecule has 0 amide bonds. The summed E-state index contributed by atoms with van der Waals surface area (Å²) in [6.07, 6.45) is 0.826. The summed E-state index contributed by atoms with van der Waals surface area (Å²) in [4.78, 5) is 0.407. The lowest BCUT2D eigenvalue weighted by atomic mass is 10.1. The van der Waals surface area contributed by atoms with Gasteiger partial charge in [-0.15, -0.1) is 0 Å². The second-order valence-corrected chi connectivity index (χ2v) is 5.64. The molecule has 2 rings (SSSR count). The predicted molar refractivity (Wildman–Crippen MR) is 91.0 cm³/mol. The van der Waals surface area contributed by atoms with Crippen LogP contribution < -0.4 is 11.1 Å². The van der Waals surface area contributed by atoms with Crippen molar-refractivity contribution in [3.05, 3.63) is 63.6 Å². The van der Waals surface area contributed by atoms with Gasteiger partial charge in [0.15, 0.2) is 0 Å². The summed E-state index contributed by atoms with van der Waals surface area (Å²) in [5, 5.41) is 4.68. The number of thiocarbonyl (C=S) groups is 1. The summed E-state index contributed by atoms with van der Waals surface area (Å²) < 4.78 is 0. The largest absolute Gasteiger partial charge is 0.389 e. The molecule has 0 aromatic heterocycles. The van der Waals surface area contributed by atoms with Gasteiger partial charge in [-0.2, -0.15) is 0 Å². The molecule has 20 heavy (non-hydrogen) atoms. The Morgan fingerprint density at radius 3 is 2.40 bits per heavy atom. The van der Waals surface area contributed by atoms with Crippen molar-refractivity contribution >= 4 is 46.1 Å². The topological polar surface area (TPSA) is 38.0 Å². The second-order valence-electron chi connectivity index (χ2n) is 4.35. The molecule has 0 aliphatic rings. The minimum Gasteiger partial charge on any atom is -0.389 e. The molecule has 0 saturated heterocycles. The van der Waals surface area contributed by atoms with Crippen LogP contribution in [0.1, 0.15) is 11.1 Å². The summed E-state index contributed by atoms with van der Waals surface area (Å²) in [5.74, 6) is 0. The number of rotatable bonds is 5. The summed E-state index contributed by atoms with van der Waals surface area (Å²) in [6, 6.07) is 13.3. The molecule has 0 fully saturated rings. The summed E-state index contributed by atoms with van der Waals surface area (Å²) in [7, 11) is 0. The molecule has 3 N–H and O–H groups in total. The van der Waals surface area contributed by atoms with E-state index < -0.39 is 0 Å². The van der Waals surface area contributed by atoms with Crippen LogP contribution in [0, 0.1) is 0 Å². The molecule has 2 aromatic carbocycles. The van der Waals surface area contributed by atoms with Gasteiger partial charge in [-0.3, -0.25) is 0 Å². The van der Waals surface area contributed by atoms with E-state index in [0.717, 1.165) is 29.8 Å². The molecular formula is C15H14Cl2N2S. The maximum atomic E-state index is 6.13. The minimum absolute atomic E-state index is 0.407. The van der Waals surface area contributed by atoms with Crippen LogP contribution in [0.4, 0.5) is 5.69 Å². The van der Waals surface area contributed by atoms with Crippen molar-refractivity contribution in [2.24, 2.45) is 5.73 Å². The van der Waals surface area contributed by atoms with Gasteiger partial charge in [0.1, 0.15) is 4.99 Å². The molecule has 0 aliphatic carbocycles. The second kappa shape index (κ2) is 6.93. The molecule has 5 heteroatoms. The zero-order chi connectivity index (χ0) is 14.5. The third kappa shape index (κ3) is 4.10. The molecule has 2 nitrogen and oxygen atoms in total. The number of benzene rings is 2. The Balaban J connectivity index is 1.91. The highest BCUT2D eigenvalue weighted by Gasteiger charge is 2.01. The van der Waals surface area contributed by atoms with Crippen molar-refractivity contribution < 1.29 is 0 Å². The van der Waals surface area contributed by atoms with E-state index in [1.54, 1.807) is 6.07 Å². The smallest absolute Gasteiger partial charge is 0.103 e. The maximum Gasteiger partial charge on any atom is 0.103 e. The van der Waals surface area contributed by atoms with E-state index >= 15 is 0 Å². The third-order valence-corrected chi connectivity index (χ3v) is 3.73. The Bertz CT molecular complexity index is 612. The SMILES string of the molecule is NC(=S)c1ccc(NCCc2ccc(Cl)cc2Cl)cc1. The fourth-order valence-corrected chi connectivity index (χ4v) is 2.46. The highest BCUT2D eigenvalue weighted by atomic mass is 35.5. The van der Waals surface area contributed by atoms with Gasteiger partial charge in [-0.1, -0.05) is 41.5 Å². The van der Waals surface area contributed by atoms with Gasteiger partial charge in [-0.05, 0) is 48.4 Å². The highest BCUT2D eigenvalue weighted by molar-refractivity contribution is 7.80.